The number of amides is 3. The number of hydrogen-bond donors (Lipinski definition) is 6. The molecule has 351 valence electrons. The van der Waals surface area contributed by atoms with E-state index in [4.69, 9.17) is 39.6 Å². The summed E-state index contributed by atoms with van der Waals surface area (Å²) in [6, 6.07) is -4.32. The Morgan fingerprint density at radius 1 is 0.613 bits per heavy atom. The number of methoxy groups -OCH3 is 3. The summed E-state index contributed by atoms with van der Waals surface area (Å²) < 4.78 is 14.4. The van der Waals surface area contributed by atoms with Crippen LogP contribution in [0.2, 0.25) is 0 Å². The van der Waals surface area contributed by atoms with E-state index in [0.717, 1.165) is 38.3 Å². The molecule has 0 radical (unpaired) electrons. The van der Waals surface area contributed by atoms with Crippen molar-refractivity contribution >= 4 is 53.0 Å². The van der Waals surface area contributed by atoms with E-state index in [-0.39, 0.29) is 7.43 Å². The number of allylic oxidation sites excluding steroid dienone is 3. The standard InChI is InChI=1S/3C12H18N2O5.CH4.Gd.NO2/c3*1-3-8(13-12(17)18)10-11(16)9(15)4-5-14(10)6-7-19-2;;;2-1-3/h3*4-5,8,10,13H,3,6-7H2,1-2H3,(H,17,18);1H4;;. The molecule has 0 aromatic rings. The number of carbonyl (C=O) groups excluding carboxylic acids is 6. The zero-order valence-corrected chi connectivity index (χ0v) is 36.8. The van der Waals surface area contributed by atoms with Gasteiger partial charge in [0.2, 0.25) is 34.7 Å². The maximum absolute atomic E-state index is 12.0. The zero-order chi connectivity index (χ0) is 46.8. The van der Waals surface area contributed by atoms with Crippen LogP contribution >= 0.6 is 0 Å². The van der Waals surface area contributed by atoms with Crippen LogP contribution < -0.4 is 16.0 Å². The van der Waals surface area contributed by atoms with Crippen molar-refractivity contribution in [3.05, 3.63) is 46.9 Å². The molecule has 25 heteroatoms. The minimum atomic E-state index is -1.21. The van der Waals surface area contributed by atoms with Gasteiger partial charge in [-0.1, -0.05) is 28.2 Å². The van der Waals surface area contributed by atoms with Crippen LogP contribution in [-0.4, -0.2) is 181 Å². The molecule has 0 aromatic carbocycles. The summed E-state index contributed by atoms with van der Waals surface area (Å²) in [4.78, 5) is 116. The van der Waals surface area contributed by atoms with E-state index in [1.807, 2.05) is 0 Å². The van der Waals surface area contributed by atoms with Gasteiger partial charge in [-0.25, -0.2) is 14.4 Å². The van der Waals surface area contributed by atoms with Crippen molar-refractivity contribution in [2.45, 2.75) is 83.7 Å². The first-order chi connectivity index (χ1) is 28.8. The van der Waals surface area contributed by atoms with Gasteiger partial charge in [0.05, 0.1) is 37.9 Å². The fourth-order valence-corrected chi connectivity index (χ4v) is 6.07. The number of hydrogen-bond acceptors (Lipinski definition) is 17. The Morgan fingerprint density at radius 3 is 0.984 bits per heavy atom. The molecule has 3 heterocycles. The summed E-state index contributed by atoms with van der Waals surface area (Å²) in [6.45, 7) is 7.64. The Balaban J connectivity index is 0. The topological polar surface area (TPSA) is 331 Å². The maximum atomic E-state index is 12.0. The number of Topliss-reactive ketones (excluding diaryl/α,β-unsaturated/α-hetero) is 3. The Hall–Kier alpha value is -4.95. The number of nitrogens with zero attached hydrogens (tertiary/aromatic N) is 4. The van der Waals surface area contributed by atoms with Crippen molar-refractivity contribution in [2.24, 2.45) is 0 Å². The Kier molecular flexibility index (Phi) is 30.4. The molecule has 3 rings (SSSR count). The minimum absolute atomic E-state index is 0. The molecule has 0 saturated carbocycles. The molecule has 62 heavy (non-hydrogen) atoms. The zero-order valence-electron chi connectivity index (χ0n) is 34.5. The molecule has 0 bridgehead atoms. The van der Waals surface area contributed by atoms with E-state index < -0.39 is 90.4 Å². The average molecular weight is 1030 g/mol. The van der Waals surface area contributed by atoms with Gasteiger partial charge >= 0.3 is 67.8 Å². The molecule has 6 atom stereocenters. The molecule has 6 unspecified atom stereocenters. The number of nitro groups is 1. The molecule has 0 aromatic heterocycles. The quantitative estimate of drug-likeness (QED) is 0.0615. The summed E-state index contributed by atoms with van der Waals surface area (Å²) in [5.74, 6) is -3.62. The molecule has 3 aliphatic rings. The van der Waals surface area contributed by atoms with Gasteiger partial charge in [0.25, 0.3) is 0 Å². The van der Waals surface area contributed by atoms with Crippen molar-refractivity contribution in [1.29, 1.82) is 0 Å². The van der Waals surface area contributed by atoms with Crippen LogP contribution in [0.4, 0.5) is 14.4 Å². The van der Waals surface area contributed by atoms with E-state index in [1.165, 1.54) is 58.2 Å². The third-order valence-corrected chi connectivity index (χ3v) is 8.91. The second-order valence-electron chi connectivity index (χ2n) is 12.8. The van der Waals surface area contributed by atoms with Crippen LogP contribution in [0, 0.1) is 48.4 Å². The molecular formula is C37H58GdN7O17. The van der Waals surface area contributed by atoms with Gasteiger partial charge in [0, 0.05) is 77.8 Å². The van der Waals surface area contributed by atoms with Gasteiger partial charge in [-0.05, 0) is 19.3 Å². The summed E-state index contributed by atoms with van der Waals surface area (Å²) >= 11 is 0.725. The van der Waals surface area contributed by atoms with Crippen LogP contribution in [0.1, 0.15) is 47.5 Å². The summed E-state index contributed by atoms with van der Waals surface area (Å²) in [5, 5.41) is 42.0. The van der Waals surface area contributed by atoms with Crippen LogP contribution in [0.3, 0.4) is 0 Å². The Morgan fingerprint density at radius 2 is 0.823 bits per heavy atom. The first-order valence-electron chi connectivity index (χ1n) is 18.6. The van der Waals surface area contributed by atoms with Gasteiger partial charge in [-0.2, -0.15) is 0 Å². The van der Waals surface area contributed by atoms with Crippen molar-refractivity contribution in [2.75, 3.05) is 60.8 Å². The number of carbonyl (C=O) groups is 9. The molecule has 24 nitrogen and oxygen atoms in total. The first kappa shape index (κ1) is 59.1. The van der Waals surface area contributed by atoms with Gasteiger partial charge in [-0.3, -0.25) is 28.8 Å². The fourth-order valence-electron chi connectivity index (χ4n) is 6.07. The van der Waals surface area contributed by atoms with E-state index in [9.17, 15) is 43.2 Å². The number of nitrogens with one attached hydrogen (secondary N) is 3. The molecule has 3 amide bonds. The number of rotatable bonds is 18. The molecular weight excluding hydrogens is 972 g/mol. The first-order valence-corrected chi connectivity index (χ1v) is 19.6. The monoisotopic (exact) mass is 1030 g/mol. The predicted molar refractivity (Wildman–Crippen MR) is 214 cm³/mol. The third kappa shape index (κ3) is 20.7. The normalized spacial score (nSPS) is 19.3. The van der Waals surface area contributed by atoms with Crippen molar-refractivity contribution < 1.29 is 112 Å². The molecule has 0 fully saturated rings. The van der Waals surface area contributed by atoms with Crippen LogP contribution in [0.25, 0.3) is 0 Å². The van der Waals surface area contributed by atoms with E-state index in [0.29, 0.717) is 58.7 Å². The van der Waals surface area contributed by atoms with Crippen molar-refractivity contribution in [3.8, 4) is 0 Å². The SMILES string of the molecule is C.CCC(NC(=O)O)C1C(=O)C(=O)C=CN1CCOC.CCC(NC(=O)O)C1C(=O)C(=O)C=CN1CCOC.CCC(NC(=O)O)C1C(=O)C(=O)C=CN1CCOC.O=[N+]([O-])[Gd]. The Labute approximate surface area is 385 Å². The van der Waals surface area contributed by atoms with E-state index in [1.54, 1.807) is 35.5 Å². The second kappa shape index (κ2) is 31.8. The molecule has 0 spiro atoms. The summed E-state index contributed by atoms with van der Waals surface area (Å²) in [7, 11) is 4.59. The van der Waals surface area contributed by atoms with Gasteiger partial charge in [0.1, 0.15) is 18.1 Å². The third-order valence-electron chi connectivity index (χ3n) is 8.91. The Bertz CT molecular complexity index is 1460. The molecule has 3 aliphatic heterocycles. The fraction of sp³-hybridized carbons (Fsp3) is 0.595. The second-order valence-corrected chi connectivity index (χ2v) is 13.6. The number of ether oxygens (including phenoxy) is 3. The van der Waals surface area contributed by atoms with Crippen LogP contribution in [0.15, 0.2) is 36.8 Å². The molecule has 6 N–H and O–H groups in total. The average Bonchev–Trinajstić information content (AvgIpc) is 3.20. The number of ketones is 6. The van der Waals surface area contributed by atoms with E-state index >= 15 is 0 Å². The predicted octanol–water partition coefficient (Wildman–Crippen LogP) is 0.409. The van der Waals surface area contributed by atoms with Crippen molar-refractivity contribution in [1.82, 2.24) is 30.7 Å². The summed E-state index contributed by atoms with van der Waals surface area (Å²) in [5.41, 5.74) is 0. The van der Waals surface area contributed by atoms with Crippen molar-refractivity contribution in [3.63, 3.8) is 0 Å². The van der Waals surface area contributed by atoms with Gasteiger partial charge in [0.15, 0.2) is 0 Å². The van der Waals surface area contributed by atoms with Crippen LogP contribution in [0.5, 0.6) is 0 Å². The number of carboxylic acid groups (broad SMARTS) is 3. The van der Waals surface area contributed by atoms with Gasteiger partial charge in [-0.15, -0.1) is 0 Å². The van der Waals surface area contributed by atoms with Gasteiger partial charge < -0.3 is 60.2 Å². The molecule has 0 aliphatic carbocycles. The molecule has 0 saturated heterocycles. The summed E-state index contributed by atoms with van der Waals surface area (Å²) in [6.07, 6.45) is 5.72. The van der Waals surface area contributed by atoms with Crippen LogP contribution in [-0.2, 0) is 43.0 Å². The van der Waals surface area contributed by atoms with E-state index in [2.05, 4.69) is 16.0 Å².